The maximum atomic E-state index is 12.6. The Bertz CT molecular complexity index is 950. The third kappa shape index (κ3) is 2.60. The Morgan fingerprint density at radius 2 is 2.25 bits per heavy atom. The smallest absolute Gasteiger partial charge is 0.261 e. The zero-order valence-corrected chi connectivity index (χ0v) is 13.2. The molecule has 7 nitrogen and oxygen atoms in total. The molecule has 1 unspecified atom stereocenters. The van der Waals surface area contributed by atoms with E-state index >= 15 is 0 Å². The summed E-state index contributed by atoms with van der Waals surface area (Å²) in [6.45, 7) is 0. The number of hydrazine groups is 1. The van der Waals surface area contributed by atoms with Crippen LogP contribution in [0.4, 0.5) is 0 Å². The van der Waals surface area contributed by atoms with Crippen LogP contribution in [0.15, 0.2) is 60.8 Å². The number of halogens is 1. The van der Waals surface area contributed by atoms with Crippen LogP contribution in [-0.4, -0.2) is 20.5 Å². The summed E-state index contributed by atoms with van der Waals surface area (Å²) in [5, 5.41) is 7.67. The second kappa shape index (κ2) is 5.95. The van der Waals surface area contributed by atoms with Gasteiger partial charge < -0.3 is 10.7 Å². The van der Waals surface area contributed by atoms with Crippen molar-refractivity contribution in [2.24, 2.45) is 0 Å². The third-order valence-corrected chi connectivity index (χ3v) is 3.97. The summed E-state index contributed by atoms with van der Waals surface area (Å²) in [4.78, 5) is 16.8. The van der Waals surface area contributed by atoms with E-state index in [-0.39, 0.29) is 11.9 Å². The average molecular weight is 341 g/mol. The Hall–Kier alpha value is -2.90. The standard InChI is InChI=1S/C16H13ClN6O/c17-11-4-1-3-10(7-11)14-13(9-19-22-14)21-16(24)12-8-20-23-6-2-5-18-15(12)23/h1-9,14,19,22H,(H,21,24). The van der Waals surface area contributed by atoms with Gasteiger partial charge in [-0.3, -0.25) is 4.79 Å². The fraction of sp³-hybridized carbons (Fsp3) is 0.0625. The van der Waals surface area contributed by atoms with Gasteiger partial charge in [-0.05, 0) is 23.8 Å². The predicted octanol–water partition coefficient (Wildman–Crippen LogP) is 1.80. The van der Waals surface area contributed by atoms with Gasteiger partial charge in [0, 0.05) is 23.6 Å². The van der Waals surface area contributed by atoms with E-state index in [1.807, 2.05) is 18.2 Å². The van der Waals surface area contributed by atoms with Crippen LogP contribution in [0.2, 0.25) is 5.02 Å². The first-order valence-electron chi connectivity index (χ1n) is 7.29. The number of hydrogen-bond acceptors (Lipinski definition) is 5. The second-order valence-electron chi connectivity index (χ2n) is 5.28. The highest BCUT2D eigenvalue weighted by atomic mass is 35.5. The monoisotopic (exact) mass is 340 g/mol. The van der Waals surface area contributed by atoms with Crippen LogP contribution in [0.25, 0.3) is 5.65 Å². The summed E-state index contributed by atoms with van der Waals surface area (Å²) in [5.74, 6) is -0.271. The molecule has 4 rings (SSSR count). The van der Waals surface area contributed by atoms with Crippen LogP contribution < -0.4 is 16.2 Å². The van der Waals surface area contributed by atoms with Crippen molar-refractivity contribution in [2.75, 3.05) is 0 Å². The van der Waals surface area contributed by atoms with Crippen LogP contribution >= 0.6 is 11.6 Å². The Balaban J connectivity index is 1.59. The van der Waals surface area contributed by atoms with Crippen molar-refractivity contribution >= 4 is 23.2 Å². The number of amides is 1. The normalized spacial score (nSPS) is 16.7. The molecule has 0 fully saturated rings. The van der Waals surface area contributed by atoms with Gasteiger partial charge in [0.05, 0.1) is 17.9 Å². The molecule has 0 bridgehead atoms. The largest absolute Gasteiger partial charge is 0.326 e. The fourth-order valence-electron chi connectivity index (χ4n) is 2.61. The van der Waals surface area contributed by atoms with Gasteiger partial charge in [0.15, 0.2) is 5.65 Å². The van der Waals surface area contributed by atoms with E-state index in [0.717, 1.165) is 5.56 Å². The average Bonchev–Trinajstić information content (AvgIpc) is 3.21. The molecule has 2 aromatic heterocycles. The summed E-state index contributed by atoms with van der Waals surface area (Å²) in [7, 11) is 0. The minimum Gasteiger partial charge on any atom is -0.326 e. The maximum absolute atomic E-state index is 12.6. The number of nitrogens with one attached hydrogen (secondary N) is 3. The molecule has 1 aliphatic heterocycles. The van der Waals surface area contributed by atoms with E-state index in [1.54, 1.807) is 35.2 Å². The molecular weight excluding hydrogens is 328 g/mol. The van der Waals surface area contributed by atoms with Crippen molar-refractivity contribution in [3.8, 4) is 0 Å². The molecule has 0 spiro atoms. The summed E-state index contributed by atoms with van der Waals surface area (Å²) in [5.41, 5.74) is 8.56. The van der Waals surface area contributed by atoms with E-state index in [0.29, 0.717) is 21.9 Å². The van der Waals surface area contributed by atoms with Crippen LogP contribution in [0.3, 0.4) is 0 Å². The van der Waals surface area contributed by atoms with E-state index in [4.69, 9.17) is 11.6 Å². The van der Waals surface area contributed by atoms with Crippen molar-refractivity contribution in [3.63, 3.8) is 0 Å². The molecule has 0 radical (unpaired) electrons. The van der Waals surface area contributed by atoms with E-state index in [1.165, 1.54) is 6.20 Å². The van der Waals surface area contributed by atoms with Crippen LogP contribution in [0, 0.1) is 0 Å². The van der Waals surface area contributed by atoms with Crippen molar-refractivity contribution < 1.29 is 4.79 Å². The molecule has 120 valence electrons. The molecule has 24 heavy (non-hydrogen) atoms. The van der Waals surface area contributed by atoms with Gasteiger partial charge in [-0.2, -0.15) is 5.10 Å². The van der Waals surface area contributed by atoms with Gasteiger partial charge >= 0.3 is 0 Å². The fourth-order valence-corrected chi connectivity index (χ4v) is 2.81. The van der Waals surface area contributed by atoms with Crippen molar-refractivity contribution in [2.45, 2.75) is 6.04 Å². The first kappa shape index (κ1) is 14.7. The summed E-state index contributed by atoms with van der Waals surface area (Å²) in [6.07, 6.45) is 6.58. The third-order valence-electron chi connectivity index (χ3n) is 3.73. The van der Waals surface area contributed by atoms with Crippen molar-refractivity contribution in [1.29, 1.82) is 0 Å². The molecule has 3 N–H and O–H groups in total. The first-order valence-corrected chi connectivity index (χ1v) is 7.66. The molecule has 1 atom stereocenters. The van der Waals surface area contributed by atoms with Gasteiger partial charge in [0.1, 0.15) is 5.56 Å². The number of aromatic nitrogens is 3. The van der Waals surface area contributed by atoms with E-state index in [9.17, 15) is 4.79 Å². The van der Waals surface area contributed by atoms with Crippen LogP contribution in [0.1, 0.15) is 22.0 Å². The minimum atomic E-state index is -0.271. The van der Waals surface area contributed by atoms with Crippen molar-refractivity contribution in [3.05, 3.63) is 77.0 Å². The quantitative estimate of drug-likeness (QED) is 0.677. The van der Waals surface area contributed by atoms with Crippen molar-refractivity contribution in [1.82, 2.24) is 30.8 Å². The number of benzene rings is 1. The first-order chi connectivity index (χ1) is 11.7. The van der Waals surface area contributed by atoms with E-state index < -0.39 is 0 Å². The Morgan fingerprint density at radius 1 is 1.33 bits per heavy atom. The molecule has 1 aromatic carbocycles. The topological polar surface area (TPSA) is 83.4 Å². The zero-order valence-electron chi connectivity index (χ0n) is 12.4. The van der Waals surface area contributed by atoms with Gasteiger partial charge in [0.25, 0.3) is 5.91 Å². The highest BCUT2D eigenvalue weighted by molar-refractivity contribution is 6.30. The lowest BCUT2D eigenvalue weighted by Gasteiger charge is -2.16. The lowest BCUT2D eigenvalue weighted by molar-refractivity contribution is 0.0965. The summed E-state index contributed by atoms with van der Waals surface area (Å²) in [6, 6.07) is 9.01. The maximum Gasteiger partial charge on any atom is 0.261 e. The Labute approximate surface area is 142 Å². The zero-order chi connectivity index (χ0) is 16.5. The number of carbonyl (C=O) groups is 1. The molecule has 0 aliphatic carbocycles. The highest BCUT2D eigenvalue weighted by Crippen LogP contribution is 2.24. The summed E-state index contributed by atoms with van der Waals surface area (Å²) < 4.78 is 1.56. The Morgan fingerprint density at radius 3 is 3.12 bits per heavy atom. The number of fused-ring (bicyclic) bond motifs is 1. The van der Waals surface area contributed by atoms with E-state index in [2.05, 4.69) is 26.3 Å². The predicted molar refractivity (Wildman–Crippen MR) is 89.0 cm³/mol. The highest BCUT2D eigenvalue weighted by Gasteiger charge is 2.24. The van der Waals surface area contributed by atoms with Gasteiger partial charge in [0.2, 0.25) is 0 Å². The lowest BCUT2D eigenvalue weighted by atomic mass is 10.1. The molecule has 8 heteroatoms. The Kier molecular flexibility index (Phi) is 3.64. The SMILES string of the molecule is O=C(NC1=CNNC1c1cccc(Cl)c1)c1cnn2cccnc12. The molecule has 0 saturated carbocycles. The van der Waals surface area contributed by atoms with Crippen LogP contribution in [-0.2, 0) is 0 Å². The number of rotatable bonds is 3. The van der Waals surface area contributed by atoms with Gasteiger partial charge in [-0.25, -0.2) is 14.9 Å². The van der Waals surface area contributed by atoms with Crippen LogP contribution in [0.5, 0.6) is 0 Å². The van der Waals surface area contributed by atoms with Gasteiger partial charge in [-0.1, -0.05) is 23.7 Å². The molecule has 3 heterocycles. The molecule has 0 saturated heterocycles. The molecule has 1 amide bonds. The second-order valence-corrected chi connectivity index (χ2v) is 5.71. The number of nitrogens with zero attached hydrogens (tertiary/aromatic N) is 3. The minimum absolute atomic E-state index is 0.206. The molecule has 1 aliphatic rings. The molecular formula is C16H13ClN6O. The summed E-state index contributed by atoms with van der Waals surface area (Å²) >= 11 is 6.05. The number of hydrogen-bond donors (Lipinski definition) is 3. The molecule has 3 aromatic rings. The lowest BCUT2D eigenvalue weighted by Crippen LogP contribution is -2.30. The van der Waals surface area contributed by atoms with Gasteiger partial charge in [-0.15, -0.1) is 0 Å². The number of carbonyl (C=O) groups excluding carboxylic acids is 1.